The van der Waals surface area contributed by atoms with Gasteiger partial charge in [0.05, 0.1) is 6.61 Å². The van der Waals surface area contributed by atoms with Crippen LogP contribution in [0, 0.1) is 5.41 Å². The van der Waals surface area contributed by atoms with Gasteiger partial charge in [-0.3, -0.25) is 4.90 Å². The van der Waals surface area contributed by atoms with Crippen LogP contribution in [0.1, 0.15) is 26.2 Å². The van der Waals surface area contributed by atoms with E-state index in [2.05, 4.69) is 4.90 Å². The summed E-state index contributed by atoms with van der Waals surface area (Å²) in [5, 5.41) is 0. The zero-order valence-corrected chi connectivity index (χ0v) is 11.4. The van der Waals surface area contributed by atoms with Gasteiger partial charge in [0.2, 0.25) is 0 Å². The Morgan fingerprint density at radius 3 is 2.44 bits per heavy atom. The summed E-state index contributed by atoms with van der Waals surface area (Å²) in [6.45, 7) is 7.76. The molecular formula is C13H25N3O2. The van der Waals surface area contributed by atoms with Crippen LogP contribution in [-0.2, 0) is 4.74 Å². The molecule has 2 fully saturated rings. The zero-order chi connectivity index (χ0) is 13.0. The van der Waals surface area contributed by atoms with Crippen LogP contribution in [-0.4, -0.2) is 61.8 Å². The fraction of sp³-hybridized carbons (Fsp3) is 0.923. The Morgan fingerprint density at radius 2 is 1.94 bits per heavy atom. The van der Waals surface area contributed by atoms with Crippen LogP contribution >= 0.6 is 0 Å². The highest BCUT2D eigenvalue weighted by molar-refractivity contribution is 5.67. The lowest BCUT2D eigenvalue weighted by molar-refractivity contribution is 0.0733. The molecule has 0 aromatic carbocycles. The van der Waals surface area contributed by atoms with Gasteiger partial charge in [-0.15, -0.1) is 0 Å². The number of ether oxygens (including phenoxy) is 1. The molecule has 1 heterocycles. The van der Waals surface area contributed by atoms with Crippen molar-refractivity contribution in [1.82, 2.24) is 9.80 Å². The molecule has 1 aliphatic heterocycles. The highest BCUT2D eigenvalue weighted by Gasteiger charge is 2.43. The fourth-order valence-corrected chi connectivity index (χ4v) is 2.75. The molecule has 5 nitrogen and oxygen atoms in total. The van der Waals surface area contributed by atoms with E-state index in [-0.39, 0.29) is 6.09 Å². The molecule has 0 atom stereocenters. The van der Waals surface area contributed by atoms with Crippen molar-refractivity contribution in [3.05, 3.63) is 0 Å². The van der Waals surface area contributed by atoms with E-state index in [4.69, 9.17) is 10.5 Å². The van der Waals surface area contributed by atoms with Gasteiger partial charge in [-0.2, -0.15) is 0 Å². The third kappa shape index (κ3) is 3.36. The summed E-state index contributed by atoms with van der Waals surface area (Å²) in [4.78, 5) is 15.9. The number of carbonyl (C=O) groups is 1. The van der Waals surface area contributed by atoms with Crippen molar-refractivity contribution in [3.63, 3.8) is 0 Å². The van der Waals surface area contributed by atoms with Crippen molar-refractivity contribution in [2.24, 2.45) is 11.1 Å². The van der Waals surface area contributed by atoms with Crippen LogP contribution in [0.3, 0.4) is 0 Å². The molecule has 1 saturated heterocycles. The molecule has 0 unspecified atom stereocenters. The molecule has 2 N–H and O–H groups in total. The van der Waals surface area contributed by atoms with Crippen molar-refractivity contribution < 1.29 is 9.53 Å². The van der Waals surface area contributed by atoms with E-state index in [9.17, 15) is 4.79 Å². The van der Waals surface area contributed by atoms with E-state index in [1.807, 2.05) is 11.8 Å². The maximum absolute atomic E-state index is 11.6. The van der Waals surface area contributed by atoms with E-state index >= 15 is 0 Å². The lowest BCUT2D eigenvalue weighted by Gasteiger charge is -2.36. The Bertz CT molecular complexity index is 284. The van der Waals surface area contributed by atoms with Crippen LogP contribution in [0.25, 0.3) is 0 Å². The third-order valence-corrected chi connectivity index (χ3v) is 4.09. The summed E-state index contributed by atoms with van der Waals surface area (Å²) in [5.74, 6) is 0. The number of carbonyl (C=O) groups excluding carboxylic acids is 1. The van der Waals surface area contributed by atoms with Gasteiger partial charge in [-0.05, 0) is 38.1 Å². The maximum atomic E-state index is 11.6. The van der Waals surface area contributed by atoms with Crippen molar-refractivity contribution in [2.45, 2.75) is 26.2 Å². The van der Waals surface area contributed by atoms with Crippen LogP contribution in [0.15, 0.2) is 0 Å². The van der Waals surface area contributed by atoms with Crippen LogP contribution in [0.5, 0.6) is 0 Å². The first-order valence-electron chi connectivity index (χ1n) is 7.03. The molecule has 1 amide bonds. The predicted octanol–water partition coefficient (Wildman–Crippen LogP) is 0.890. The lowest BCUT2D eigenvalue weighted by atomic mass is 10.0. The molecule has 0 bridgehead atoms. The first-order chi connectivity index (χ1) is 8.69. The standard InChI is InChI=1S/C13H25N3O2/c1-2-18-12(17)16-9-7-15(8-10-16)11-13(3-4-13)5-6-14/h2-11,14H2,1H3. The van der Waals surface area contributed by atoms with Crippen molar-refractivity contribution in [1.29, 1.82) is 0 Å². The number of nitrogens with two attached hydrogens (primary N) is 1. The fourth-order valence-electron chi connectivity index (χ4n) is 2.75. The van der Waals surface area contributed by atoms with Gasteiger partial charge >= 0.3 is 6.09 Å². The Kier molecular flexibility index (Phi) is 4.45. The number of hydrogen-bond donors (Lipinski definition) is 1. The highest BCUT2D eigenvalue weighted by Crippen LogP contribution is 2.49. The predicted molar refractivity (Wildman–Crippen MR) is 70.4 cm³/mol. The summed E-state index contributed by atoms with van der Waals surface area (Å²) >= 11 is 0. The Labute approximate surface area is 109 Å². The summed E-state index contributed by atoms with van der Waals surface area (Å²) in [5.41, 5.74) is 6.17. The summed E-state index contributed by atoms with van der Waals surface area (Å²) in [6.07, 6.45) is 3.62. The molecular weight excluding hydrogens is 230 g/mol. The molecule has 104 valence electrons. The van der Waals surface area contributed by atoms with Crippen LogP contribution in [0.2, 0.25) is 0 Å². The molecule has 2 rings (SSSR count). The SMILES string of the molecule is CCOC(=O)N1CCN(CC2(CCN)CC2)CC1. The van der Waals surface area contributed by atoms with Crippen molar-refractivity contribution in [2.75, 3.05) is 45.9 Å². The van der Waals surface area contributed by atoms with Gasteiger partial charge in [0.1, 0.15) is 0 Å². The molecule has 0 radical (unpaired) electrons. The average Bonchev–Trinajstić information content (AvgIpc) is 3.10. The van der Waals surface area contributed by atoms with E-state index in [0.717, 1.165) is 45.7 Å². The average molecular weight is 255 g/mol. The first-order valence-corrected chi connectivity index (χ1v) is 7.03. The molecule has 1 aliphatic carbocycles. The van der Waals surface area contributed by atoms with Crippen molar-refractivity contribution in [3.8, 4) is 0 Å². The summed E-state index contributed by atoms with van der Waals surface area (Å²) < 4.78 is 5.02. The van der Waals surface area contributed by atoms with Gasteiger partial charge in [0, 0.05) is 32.7 Å². The molecule has 0 spiro atoms. The maximum Gasteiger partial charge on any atom is 0.409 e. The van der Waals surface area contributed by atoms with Gasteiger partial charge in [-0.25, -0.2) is 4.79 Å². The van der Waals surface area contributed by atoms with E-state index < -0.39 is 0 Å². The van der Waals surface area contributed by atoms with E-state index in [1.165, 1.54) is 12.8 Å². The largest absolute Gasteiger partial charge is 0.450 e. The number of rotatable bonds is 5. The zero-order valence-electron chi connectivity index (χ0n) is 11.4. The lowest BCUT2D eigenvalue weighted by Crippen LogP contribution is -2.50. The second kappa shape index (κ2) is 5.89. The first kappa shape index (κ1) is 13.6. The van der Waals surface area contributed by atoms with Gasteiger partial charge < -0.3 is 15.4 Å². The molecule has 0 aromatic heterocycles. The number of nitrogens with zero attached hydrogens (tertiary/aromatic N) is 2. The van der Waals surface area contributed by atoms with Crippen LogP contribution in [0.4, 0.5) is 4.79 Å². The monoisotopic (exact) mass is 255 g/mol. The van der Waals surface area contributed by atoms with E-state index in [0.29, 0.717) is 12.0 Å². The quantitative estimate of drug-likeness (QED) is 0.792. The Hall–Kier alpha value is -0.810. The Balaban J connectivity index is 1.72. The second-order valence-corrected chi connectivity index (χ2v) is 5.50. The molecule has 2 aliphatic rings. The third-order valence-electron chi connectivity index (χ3n) is 4.09. The van der Waals surface area contributed by atoms with Crippen molar-refractivity contribution >= 4 is 6.09 Å². The van der Waals surface area contributed by atoms with Gasteiger partial charge in [0.25, 0.3) is 0 Å². The topological polar surface area (TPSA) is 58.8 Å². The minimum atomic E-state index is -0.166. The minimum absolute atomic E-state index is 0.166. The van der Waals surface area contributed by atoms with Gasteiger partial charge in [-0.1, -0.05) is 0 Å². The smallest absolute Gasteiger partial charge is 0.409 e. The van der Waals surface area contributed by atoms with Crippen LogP contribution < -0.4 is 5.73 Å². The van der Waals surface area contributed by atoms with E-state index in [1.54, 1.807) is 0 Å². The number of amides is 1. The molecule has 1 saturated carbocycles. The molecule has 18 heavy (non-hydrogen) atoms. The Morgan fingerprint density at radius 1 is 1.28 bits per heavy atom. The summed E-state index contributed by atoms with van der Waals surface area (Å²) in [6, 6.07) is 0. The number of hydrogen-bond acceptors (Lipinski definition) is 4. The normalized spacial score (nSPS) is 22.9. The number of piperazine rings is 1. The second-order valence-electron chi connectivity index (χ2n) is 5.50. The molecule has 0 aromatic rings. The highest BCUT2D eigenvalue weighted by atomic mass is 16.6. The van der Waals surface area contributed by atoms with Gasteiger partial charge in [0.15, 0.2) is 0 Å². The minimum Gasteiger partial charge on any atom is -0.450 e. The summed E-state index contributed by atoms with van der Waals surface area (Å²) in [7, 11) is 0. The molecule has 5 heteroatoms.